The zero-order valence-corrected chi connectivity index (χ0v) is 11.2. The van der Waals surface area contributed by atoms with Crippen LogP contribution < -0.4 is 5.32 Å². The van der Waals surface area contributed by atoms with Gasteiger partial charge in [-0.3, -0.25) is 5.32 Å². The molecular formula is C12H20N2O3. The van der Waals surface area contributed by atoms with Gasteiger partial charge in [-0.1, -0.05) is 20.8 Å². The topological polar surface area (TPSA) is 64.4 Å². The van der Waals surface area contributed by atoms with Crippen molar-refractivity contribution in [2.24, 2.45) is 0 Å². The van der Waals surface area contributed by atoms with E-state index in [1.54, 1.807) is 20.8 Å². The smallest absolute Gasteiger partial charge is 0.413 e. The highest BCUT2D eigenvalue weighted by Gasteiger charge is 2.22. The Hall–Kier alpha value is -1.52. The van der Waals surface area contributed by atoms with Gasteiger partial charge >= 0.3 is 6.09 Å². The van der Waals surface area contributed by atoms with Crippen LogP contribution in [0.15, 0.2) is 10.7 Å². The fraction of sp³-hybridized carbons (Fsp3) is 0.667. The van der Waals surface area contributed by atoms with Crippen LogP contribution in [0.3, 0.4) is 0 Å². The van der Waals surface area contributed by atoms with E-state index in [9.17, 15) is 4.79 Å². The first-order chi connectivity index (χ1) is 7.58. The third-order valence-corrected chi connectivity index (χ3v) is 1.77. The van der Waals surface area contributed by atoms with E-state index >= 15 is 0 Å². The summed E-state index contributed by atoms with van der Waals surface area (Å²) in [6.07, 6.45) is 0.871. The van der Waals surface area contributed by atoms with Crippen molar-refractivity contribution in [3.63, 3.8) is 0 Å². The number of hydrogen-bond acceptors (Lipinski definition) is 4. The number of anilines is 1. The minimum atomic E-state index is -0.536. The molecule has 0 radical (unpaired) electrons. The lowest BCUT2D eigenvalue weighted by Gasteiger charge is -2.19. The zero-order chi connectivity index (χ0) is 13.3. The van der Waals surface area contributed by atoms with Gasteiger partial charge in [0.25, 0.3) is 0 Å². The molecule has 17 heavy (non-hydrogen) atoms. The number of oxazole rings is 1. The maximum absolute atomic E-state index is 11.5. The van der Waals surface area contributed by atoms with E-state index in [0.29, 0.717) is 11.7 Å². The molecule has 0 saturated carbocycles. The average molecular weight is 240 g/mol. The summed E-state index contributed by atoms with van der Waals surface area (Å²) >= 11 is 0. The summed E-state index contributed by atoms with van der Waals surface area (Å²) in [5, 5.41) is 2.52. The van der Waals surface area contributed by atoms with Gasteiger partial charge in [0, 0.05) is 5.41 Å². The highest BCUT2D eigenvalue weighted by molar-refractivity contribution is 5.83. The molecule has 0 spiro atoms. The van der Waals surface area contributed by atoms with Gasteiger partial charge in [-0.2, -0.15) is 4.98 Å². The molecule has 0 atom stereocenters. The van der Waals surface area contributed by atoms with Gasteiger partial charge in [-0.15, -0.1) is 0 Å². The molecule has 0 saturated heterocycles. The zero-order valence-electron chi connectivity index (χ0n) is 11.2. The molecule has 0 aromatic carbocycles. The summed E-state index contributed by atoms with van der Waals surface area (Å²) in [5.74, 6) is 0.938. The number of carbonyl (C=O) groups excluding carboxylic acids is 1. The van der Waals surface area contributed by atoms with Gasteiger partial charge in [0.1, 0.15) is 11.9 Å². The van der Waals surface area contributed by atoms with Crippen molar-refractivity contribution >= 4 is 11.9 Å². The molecule has 1 heterocycles. The monoisotopic (exact) mass is 240 g/mol. The molecule has 5 nitrogen and oxygen atoms in total. The third-order valence-electron chi connectivity index (χ3n) is 1.77. The van der Waals surface area contributed by atoms with Crippen LogP contribution in [-0.2, 0) is 10.2 Å². The maximum Gasteiger partial charge on any atom is 0.413 e. The summed E-state index contributed by atoms with van der Waals surface area (Å²) < 4.78 is 10.4. The fourth-order valence-electron chi connectivity index (χ4n) is 1.08. The molecule has 0 aliphatic heterocycles. The molecule has 1 N–H and O–H groups in total. The summed E-state index contributed by atoms with van der Waals surface area (Å²) in [6, 6.07) is 0. The van der Waals surface area contributed by atoms with Crippen molar-refractivity contribution in [1.82, 2.24) is 4.98 Å². The highest BCUT2D eigenvalue weighted by atomic mass is 16.6. The first-order valence-electron chi connectivity index (χ1n) is 5.54. The van der Waals surface area contributed by atoms with Crippen molar-refractivity contribution < 1.29 is 13.9 Å². The molecule has 1 rings (SSSR count). The first kappa shape index (κ1) is 13.5. The van der Waals surface area contributed by atoms with E-state index in [2.05, 4.69) is 10.3 Å². The predicted octanol–water partition coefficient (Wildman–Crippen LogP) is 3.32. The number of nitrogens with one attached hydrogen (secondary N) is 1. The standard InChI is InChI=1S/C12H20N2O3/c1-11(2,3)9-13-8(7-16-9)14-10(15)17-12(4,5)6/h7H,1-6H3,(H,14,15). The summed E-state index contributed by atoms with van der Waals surface area (Å²) in [7, 11) is 0. The van der Waals surface area contributed by atoms with Crippen molar-refractivity contribution in [1.29, 1.82) is 0 Å². The number of ether oxygens (including phenoxy) is 1. The van der Waals surface area contributed by atoms with E-state index in [1.807, 2.05) is 20.8 Å². The van der Waals surface area contributed by atoms with Crippen molar-refractivity contribution in [3.05, 3.63) is 12.2 Å². The van der Waals surface area contributed by atoms with Crippen LogP contribution in [0.25, 0.3) is 0 Å². The Kier molecular flexibility index (Phi) is 3.50. The largest absolute Gasteiger partial charge is 0.446 e. The molecule has 0 bridgehead atoms. The Morgan fingerprint density at radius 1 is 1.29 bits per heavy atom. The lowest BCUT2D eigenvalue weighted by molar-refractivity contribution is 0.0635. The Labute approximate surface area is 102 Å². The number of nitrogens with zero attached hydrogens (tertiary/aromatic N) is 1. The van der Waals surface area contributed by atoms with Crippen LogP contribution in [0.4, 0.5) is 10.6 Å². The first-order valence-corrected chi connectivity index (χ1v) is 5.54. The van der Waals surface area contributed by atoms with Gasteiger partial charge in [-0.25, -0.2) is 4.79 Å². The number of amides is 1. The van der Waals surface area contributed by atoms with Crippen LogP contribution in [0.2, 0.25) is 0 Å². The van der Waals surface area contributed by atoms with Crippen LogP contribution >= 0.6 is 0 Å². The summed E-state index contributed by atoms with van der Waals surface area (Å²) in [4.78, 5) is 15.6. The van der Waals surface area contributed by atoms with E-state index in [0.717, 1.165) is 0 Å². The molecule has 5 heteroatoms. The van der Waals surface area contributed by atoms with E-state index < -0.39 is 11.7 Å². The Bertz CT molecular complexity index is 397. The van der Waals surface area contributed by atoms with Crippen LogP contribution in [0.5, 0.6) is 0 Å². The second kappa shape index (κ2) is 4.39. The Balaban J connectivity index is 2.65. The Morgan fingerprint density at radius 2 is 1.88 bits per heavy atom. The van der Waals surface area contributed by atoms with Crippen molar-refractivity contribution in [3.8, 4) is 0 Å². The second-order valence-electron chi connectivity index (χ2n) is 5.91. The van der Waals surface area contributed by atoms with Crippen LogP contribution in [-0.4, -0.2) is 16.7 Å². The molecule has 1 aromatic rings. The highest BCUT2D eigenvalue weighted by Crippen LogP contribution is 2.22. The predicted molar refractivity (Wildman–Crippen MR) is 65.1 cm³/mol. The SMILES string of the molecule is CC(C)(C)OC(=O)Nc1coc(C(C)(C)C)n1. The number of hydrogen-bond donors (Lipinski definition) is 1. The normalized spacial score (nSPS) is 12.4. The van der Waals surface area contributed by atoms with Gasteiger partial charge in [-0.05, 0) is 20.8 Å². The minimum absolute atomic E-state index is 0.187. The summed E-state index contributed by atoms with van der Waals surface area (Å²) in [5.41, 5.74) is -0.714. The van der Waals surface area contributed by atoms with Gasteiger partial charge in [0.05, 0.1) is 0 Å². The van der Waals surface area contributed by atoms with E-state index in [1.165, 1.54) is 6.26 Å². The van der Waals surface area contributed by atoms with Crippen molar-refractivity contribution in [2.45, 2.75) is 52.6 Å². The minimum Gasteiger partial charge on any atom is -0.446 e. The number of aromatic nitrogens is 1. The molecule has 1 amide bonds. The Morgan fingerprint density at radius 3 is 2.29 bits per heavy atom. The van der Waals surface area contributed by atoms with Gasteiger partial charge in [0.15, 0.2) is 5.82 Å². The van der Waals surface area contributed by atoms with E-state index in [4.69, 9.17) is 9.15 Å². The van der Waals surface area contributed by atoms with Crippen LogP contribution in [0.1, 0.15) is 47.4 Å². The molecule has 0 unspecified atom stereocenters. The molecule has 0 aliphatic carbocycles. The molecule has 1 aromatic heterocycles. The quantitative estimate of drug-likeness (QED) is 0.817. The number of rotatable bonds is 1. The number of carbonyl (C=O) groups is 1. The molecule has 0 aliphatic rings. The molecular weight excluding hydrogens is 220 g/mol. The third kappa shape index (κ3) is 4.46. The second-order valence-corrected chi connectivity index (χ2v) is 5.91. The lowest BCUT2D eigenvalue weighted by atomic mass is 9.97. The van der Waals surface area contributed by atoms with Crippen LogP contribution in [0, 0.1) is 0 Å². The maximum atomic E-state index is 11.5. The fourth-order valence-corrected chi connectivity index (χ4v) is 1.08. The van der Waals surface area contributed by atoms with Crippen molar-refractivity contribution in [2.75, 3.05) is 5.32 Å². The average Bonchev–Trinajstić information content (AvgIpc) is 2.47. The summed E-state index contributed by atoms with van der Waals surface area (Å²) in [6.45, 7) is 11.4. The van der Waals surface area contributed by atoms with Gasteiger partial charge < -0.3 is 9.15 Å². The van der Waals surface area contributed by atoms with Gasteiger partial charge in [0.2, 0.25) is 5.89 Å². The molecule has 96 valence electrons. The van der Waals surface area contributed by atoms with E-state index in [-0.39, 0.29) is 5.41 Å². The lowest BCUT2D eigenvalue weighted by Crippen LogP contribution is -2.27. The molecule has 0 fully saturated rings.